The van der Waals surface area contributed by atoms with Crippen molar-refractivity contribution in [3.8, 4) is 0 Å². The lowest BCUT2D eigenvalue weighted by molar-refractivity contribution is 0.503. The van der Waals surface area contributed by atoms with E-state index in [0.29, 0.717) is 6.42 Å². The quantitative estimate of drug-likeness (QED) is 0.569. The Morgan fingerprint density at radius 2 is 2.17 bits per heavy atom. The van der Waals surface area contributed by atoms with E-state index in [2.05, 4.69) is 33.8 Å². The van der Waals surface area contributed by atoms with Crippen LogP contribution in [-0.2, 0) is 26.9 Å². The summed E-state index contributed by atoms with van der Waals surface area (Å²) in [5.41, 5.74) is 5.84. The van der Waals surface area contributed by atoms with Crippen LogP contribution in [0.4, 0.5) is 0 Å². The Morgan fingerprint density at radius 3 is 2.67 bits per heavy atom. The van der Waals surface area contributed by atoms with Gasteiger partial charge < -0.3 is 0 Å². The zero-order valence-corrected chi connectivity index (χ0v) is 11.0. The maximum absolute atomic E-state index is 5.63. The Hall–Kier alpha value is -1.73. The second-order valence-corrected chi connectivity index (χ2v) is 4.34. The monoisotopic (exact) mass is 249 g/mol. The second kappa shape index (κ2) is 5.28. The Labute approximate surface area is 106 Å². The molecule has 2 rings (SSSR count). The number of rotatable bonds is 5. The fourth-order valence-electron chi connectivity index (χ4n) is 1.99. The number of hydrogen-bond acceptors (Lipinski definition) is 5. The molecular formula is C11H19N7. The first kappa shape index (κ1) is 12.7. The van der Waals surface area contributed by atoms with E-state index in [4.69, 9.17) is 5.84 Å². The van der Waals surface area contributed by atoms with Crippen LogP contribution < -0.4 is 11.3 Å². The van der Waals surface area contributed by atoms with Crippen molar-refractivity contribution < 1.29 is 0 Å². The summed E-state index contributed by atoms with van der Waals surface area (Å²) in [6.07, 6.45) is 3.49. The van der Waals surface area contributed by atoms with Crippen molar-refractivity contribution in [2.45, 2.75) is 25.8 Å². The minimum atomic E-state index is -0.0144. The van der Waals surface area contributed by atoms with Crippen molar-refractivity contribution in [3.63, 3.8) is 0 Å². The third-order valence-corrected chi connectivity index (χ3v) is 2.95. The number of aryl methyl sites for hydroxylation is 3. The van der Waals surface area contributed by atoms with Crippen molar-refractivity contribution in [1.29, 1.82) is 0 Å². The predicted molar refractivity (Wildman–Crippen MR) is 67.4 cm³/mol. The molecule has 7 heteroatoms. The van der Waals surface area contributed by atoms with Gasteiger partial charge in [-0.2, -0.15) is 5.10 Å². The topological polar surface area (TPSA) is 86.6 Å². The fraction of sp³-hybridized carbons (Fsp3) is 0.545. The number of aromatic nitrogens is 5. The van der Waals surface area contributed by atoms with Gasteiger partial charge in [0.1, 0.15) is 0 Å². The molecule has 0 bridgehead atoms. The lowest BCUT2D eigenvalue weighted by Crippen LogP contribution is -2.31. The van der Waals surface area contributed by atoms with E-state index in [1.807, 2.05) is 25.0 Å². The molecule has 0 radical (unpaired) electrons. The molecule has 18 heavy (non-hydrogen) atoms. The van der Waals surface area contributed by atoms with Crippen molar-refractivity contribution in [2.75, 3.05) is 0 Å². The lowest BCUT2D eigenvalue weighted by atomic mass is 10.1. The van der Waals surface area contributed by atoms with E-state index in [1.54, 1.807) is 4.68 Å². The summed E-state index contributed by atoms with van der Waals surface area (Å²) in [5.74, 6) is 5.63. The predicted octanol–water partition coefficient (Wildman–Crippen LogP) is -0.142. The number of nitrogens with two attached hydrogens (primary N) is 1. The fourth-order valence-corrected chi connectivity index (χ4v) is 1.99. The molecule has 0 amide bonds. The molecule has 0 aliphatic heterocycles. The van der Waals surface area contributed by atoms with Crippen LogP contribution in [0.25, 0.3) is 0 Å². The summed E-state index contributed by atoms with van der Waals surface area (Å²) < 4.78 is 3.54. The van der Waals surface area contributed by atoms with E-state index in [9.17, 15) is 0 Å². The molecule has 1 unspecified atom stereocenters. The molecule has 0 aliphatic rings. The number of nitrogens with zero attached hydrogens (tertiary/aromatic N) is 5. The van der Waals surface area contributed by atoms with Gasteiger partial charge in [-0.05, 0) is 12.5 Å². The number of hydrogen-bond donors (Lipinski definition) is 2. The van der Waals surface area contributed by atoms with Crippen LogP contribution in [0.5, 0.6) is 0 Å². The van der Waals surface area contributed by atoms with Crippen LogP contribution in [0.3, 0.4) is 0 Å². The average Bonchev–Trinajstić information content (AvgIpc) is 2.92. The van der Waals surface area contributed by atoms with Crippen LogP contribution >= 0.6 is 0 Å². The second-order valence-electron chi connectivity index (χ2n) is 4.34. The van der Waals surface area contributed by atoms with Crippen molar-refractivity contribution in [3.05, 3.63) is 29.3 Å². The van der Waals surface area contributed by atoms with Crippen LogP contribution in [-0.4, -0.2) is 24.8 Å². The molecule has 2 heterocycles. The third kappa shape index (κ3) is 2.57. The first-order chi connectivity index (χ1) is 8.63. The standard InChI is InChI=1S/C11H19N7/c1-4-8-6-11(18(3)15-8)10(13-12)5-9-7-17(2)16-14-9/h6-7,10,13H,4-5,12H2,1-3H3. The van der Waals surface area contributed by atoms with E-state index < -0.39 is 0 Å². The molecule has 3 N–H and O–H groups in total. The highest BCUT2D eigenvalue weighted by Crippen LogP contribution is 2.17. The minimum absolute atomic E-state index is 0.0144. The van der Waals surface area contributed by atoms with Gasteiger partial charge in [0.25, 0.3) is 0 Å². The van der Waals surface area contributed by atoms with E-state index >= 15 is 0 Å². The molecule has 0 saturated carbocycles. The summed E-state index contributed by atoms with van der Waals surface area (Å²) >= 11 is 0. The van der Waals surface area contributed by atoms with Gasteiger partial charge in [-0.3, -0.25) is 20.6 Å². The van der Waals surface area contributed by atoms with Gasteiger partial charge in [-0.15, -0.1) is 5.10 Å². The molecule has 0 aliphatic carbocycles. The molecular weight excluding hydrogens is 230 g/mol. The van der Waals surface area contributed by atoms with Gasteiger partial charge >= 0.3 is 0 Å². The van der Waals surface area contributed by atoms with E-state index in [1.165, 1.54) is 0 Å². The first-order valence-electron chi connectivity index (χ1n) is 5.98. The Morgan fingerprint density at radius 1 is 1.39 bits per heavy atom. The summed E-state index contributed by atoms with van der Waals surface area (Å²) in [4.78, 5) is 0. The summed E-state index contributed by atoms with van der Waals surface area (Å²) in [6.45, 7) is 2.08. The number of nitrogens with one attached hydrogen (secondary N) is 1. The SMILES string of the molecule is CCc1cc(C(Cc2cn(C)nn2)NN)n(C)n1. The molecule has 1 atom stereocenters. The highest BCUT2D eigenvalue weighted by molar-refractivity contribution is 5.16. The van der Waals surface area contributed by atoms with Crippen molar-refractivity contribution in [1.82, 2.24) is 30.2 Å². The summed E-state index contributed by atoms with van der Waals surface area (Å²) in [7, 11) is 3.77. The average molecular weight is 249 g/mol. The molecule has 0 saturated heterocycles. The molecule has 98 valence electrons. The highest BCUT2D eigenvalue weighted by atomic mass is 15.4. The zero-order chi connectivity index (χ0) is 13.1. The Bertz CT molecular complexity index is 513. The van der Waals surface area contributed by atoms with Crippen molar-refractivity contribution >= 4 is 0 Å². The molecule has 0 spiro atoms. The van der Waals surface area contributed by atoms with E-state index in [-0.39, 0.29) is 6.04 Å². The molecule has 2 aromatic rings. The van der Waals surface area contributed by atoms with Crippen molar-refractivity contribution in [2.24, 2.45) is 19.9 Å². The maximum Gasteiger partial charge on any atom is 0.0847 e. The molecule has 7 nitrogen and oxygen atoms in total. The maximum atomic E-state index is 5.63. The van der Waals surface area contributed by atoms with Gasteiger partial charge in [-0.25, -0.2) is 0 Å². The van der Waals surface area contributed by atoms with Gasteiger partial charge in [-0.1, -0.05) is 12.1 Å². The Kier molecular flexibility index (Phi) is 3.73. The molecule has 0 aromatic carbocycles. The molecule has 0 fully saturated rings. The zero-order valence-electron chi connectivity index (χ0n) is 11.0. The first-order valence-corrected chi connectivity index (χ1v) is 5.98. The molecule has 2 aromatic heterocycles. The van der Waals surface area contributed by atoms with Crippen LogP contribution in [0.1, 0.15) is 30.0 Å². The largest absolute Gasteiger partial charge is 0.271 e. The minimum Gasteiger partial charge on any atom is -0.271 e. The van der Waals surface area contributed by atoms with Gasteiger partial charge in [0, 0.05) is 26.7 Å². The summed E-state index contributed by atoms with van der Waals surface area (Å²) in [5, 5.41) is 12.4. The van der Waals surface area contributed by atoms with Gasteiger partial charge in [0.2, 0.25) is 0 Å². The van der Waals surface area contributed by atoms with Crippen LogP contribution in [0.2, 0.25) is 0 Å². The normalized spacial score (nSPS) is 12.9. The third-order valence-electron chi connectivity index (χ3n) is 2.95. The summed E-state index contributed by atoms with van der Waals surface area (Å²) in [6, 6.07) is 2.06. The highest BCUT2D eigenvalue weighted by Gasteiger charge is 2.17. The van der Waals surface area contributed by atoms with Gasteiger partial charge in [0.05, 0.1) is 23.1 Å². The Balaban J connectivity index is 2.19. The van der Waals surface area contributed by atoms with Crippen LogP contribution in [0.15, 0.2) is 12.3 Å². The van der Waals surface area contributed by atoms with E-state index in [0.717, 1.165) is 23.5 Å². The van der Waals surface area contributed by atoms with Crippen LogP contribution in [0, 0.1) is 0 Å². The van der Waals surface area contributed by atoms with Gasteiger partial charge in [0.15, 0.2) is 0 Å². The number of hydrazine groups is 1. The lowest BCUT2D eigenvalue weighted by Gasteiger charge is -2.14. The smallest absolute Gasteiger partial charge is 0.0847 e.